The lowest BCUT2D eigenvalue weighted by Crippen LogP contribution is -2.35. The number of para-hydroxylation sites is 2. The van der Waals surface area contributed by atoms with Gasteiger partial charge in [-0.1, -0.05) is 29.5 Å². The second-order valence-electron chi connectivity index (χ2n) is 6.58. The lowest BCUT2D eigenvalue weighted by atomic mass is 10.2. The molecule has 0 saturated carbocycles. The maximum absolute atomic E-state index is 5.43. The van der Waals surface area contributed by atoms with Gasteiger partial charge in [-0.25, -0.2) is 9.97 Å². The number of anilines is 2. The normalized spacial score (nSPS) is 15.4. The van der Waals surface area contributed by atoms with Gasteiger partial charge in [-0.05, 0) is 29.8 Å². The molecule has 5 rings (SSSR count). The number of ether oxygens (including phenoxy) is 1. The summed E-state index contributed by atoms with van der Waals surface area (Å²) in [6.07, 6.45) is 1.75. The minimum absolute atomic E-state index is 0.710. The Kier molecular flexibility index (Phi) is 4.41. The third kappa shape index (κ3) is 3.62. The predicted octanol–water partition coefficient (Wildman–Crippen LogP) is 3.82. The molecule has 1 aliphatic rings. The number of fused-ring (bicyclic) bond motifs is 2. The first-order valence-electron chi connectivity index (χ1n) is 9.02. The van der Waals surface area contributed by atoms with Crippen LogP contribution in [0.1, 0.15) is 5.56 Å². The Morgan fingerprint density at radius 1 is 1.00 bits per heavy atom. The van der Waals surface area contributed by atoms with E-state index in [-0.39, 0.29) is 0 Å². The molecule has 136 valence electrons. The van der Waals surface area contributed by atoms with E-state index in [9.17, 15) is 0 Å². The van der Waals surface area contributed by atoms with Crippen molar-refractivity contribution in [2.75, 3.05) is 31.6 Å². The highest BCUT2D eigenvalue weighted by atomic mass is 32.1. The van der Waals surface area contributed by atoms with Gasteiger partial charge in [-0.2, -0.15) is 0 Å². The van der Waals surface area contributed by atoms with Crippen molar-refractivity contribution in [1.82, 2.24) is 19.9 Å². The lowest BCUT2D eigenvalue weighted by Gasteiger charge is -2.26. The van der Waals surface area contributed by atoms with Crippen molar-refractivity contribution in [2.45, 2.75) is 6.54 Å². The largest absolute Gasteiger partial charge is 0.379 e. The van der Waals surface area contributed by atoms with Gasteiger partial charge in [0.1, 0.15) is 0 Å². The van der Waals surface area contributed by atoms with Crippen molar-refractivity contribution >= 4 is 43.5 Å². The van der Waals surface area contributed by atoms with Gasteiger partial charge in [0.2, 0.25) is 0 Å². The fourth-order valence-corrected chi connectivity index (χ4v) is 4.20. The Hall–Kier alpha value is -2.61. The fraction of sp³-hybridized carbons (Fsp3) is 0.250. The Morgan fingerprint density at radius 3 is 2.74 bits per heavy atom. The van der Waals surface area contributed by atoms with Crippen molar-refractivity contribution in [1.29, 1.82) is 0 Å². The van der Waals surface area contributed by atoms with Crippen LogP contribution in [-0.2, 0) is 11.3 Å². The minimum Gasteiger partial charge on any atom is -0.379 e. The van der Waals surface area contributed by atoms with Crippen LogP contribution in [0.4, 0.5) is 10.9 Å². The summed E-state index contributed by atoms with van der Waals surface area (Å²) in [4.78, 5) is 16.2. The second kappa shape index (κ2) is 7.19. The Labute approximate surface area is 160 Å². The average Bonchev–Trinajstić information content (AvgIpc) is 3.10. The molecule has 1 N–H and O–H groups in total. The van der Waals surface area contributed by atoms with Crippen molar-refractivity contribution in [3.8, 4) is 0 Å². The first-order chi connectivity index (χ1) is 13.3. The van der Waals surface area contributed by atoms with E-state index in [2.05, 4.69) is 43.4 Å². The molecule has 3 heterocycles. The number of nitrogens with one attached hydrogen (secondary N) is 1. The van der Waals surface area contributed by atoms with Crippen molar-refractivity contribution in [3.63, 3.8) is 0 Å². The fourth-order valence-electron chi connectivity index (χ4n) is 3.27. The van der Waals surface area contributed by atoms with Gasteiger partial charge in [0.25, 0.3) is 0 Å². The van der Waals surface area contributed by atoms with E-state index >= 15 is 0 Å². The number of hydrogen-bond acceptors (Lipinski definition) is 7. The van der Waals surface area contributed by atoms with Gasteiger partial charge in [0.05, 0.1) is 40.7 Å². The number of morpholine rings is 1. The van der Waals surface area contributed by atoms with Crippen LogP contribution in [0.25, 0.3) is 21.3 Å². The average molecular weight is 377 g/mol. The van der Waals surface area contributed by atoms with E-state index in [0.717, 1.165) is 54.5 Å². The summed E-state index contributed by atoms with van der Waals surface area (Å²) in [6.45, 7) is 4.59. The maximum Gasteiger partial charge on any atom is 0.189 e. The first kappa shape index (κ1) is 16.6. The summed E-state index contributed by atoms with van der Waals surface area (Å²) >= 11 is 1.64. The van der Waals surface area contributed by atoms with Crippen molar-refractivity contribution in [2.24, 2.45) is 0 Å². The summed E-state index contributed by atoms with van der Waals surface area (Å²) in [6, 6.07) is 14.3. The van der Waals surface area contributed by atoms with E-state index in [1.807, 2.05) is 24.3 Å². The molecule has 1 saturated heterocycles. The molecule has 0 unspecified atom stereocenters. The number of rotatable bonds is 4. The second-order valence-corrected chi connectivity index (χ2v) is 7.61. The zero-order valence-electron chi connectivity index (χ0n) is 14.8. The molecular weight excluding hydrogens is 358 g/mol. The SMILES string of the molecule is c1ccc2nc(Nc3nc4ccc(CN5CCOCC5)cc4s3)cnc2c1. The standard InChI is InChI=1S/C20H19N5OS/c1-2-4-16-15(3-1)21-12-19(22-16)24-20-23-17-6-5-14(11-18(17)27-20)13-25-7-9-26-10-8-25/h1-6,11-12H,7-10,13H2,(H,22,23,24). The number of nitrogens with zero attached hydrogens (tertiary/aromatic N) is 4. The van der Waals surface area contributed by atoms with E-state index in [1.54, 1.807) is 17.5 Å². The molecule has 2 aromatic heterocycles. The van der Waals surface area contributed by atoms with E-state index < -0.39 is 0 Å². The molecule has 0 amide bonds. The van der Waals surface area contributed by atoms with Gasteiger partial charge in [-0.3, -0.25) is 9.88 Å². The van der Waals surface area contributed by atoms with Gasteiger partial charge in [0.15, 0.2) is 10.9 Å². The molecule has 6 nitrogen and oxygen atoms in total. The van der Waals surface area contributed by atoms with Crippen LogP contribution >= 0.6 is 11.3 Å². The third-order valence-electron chi connectivity index (χ3n) is 4.65. The molecular formula is C20H19N5OS. The van der Waals surface area contributed by atoms with Gasteiger partial charge < -0.3 is 10.1 Å². The van der Waals surface area contributed by atoms with Crippen LogP contribution in [0, 0.1) is 0 Å². The molecule has 0 atom stereocenters. The number of benzene rings is 2. The molecule has 0 bridgehead atoms. The Bertz CT molecular complexity index is 1090. The van der Waals surface area contributed by atoms with E-state index in [0.29, 0.717) is 5.82 Å². The molecule has 0 spiro atoms. The highest BCUT2D eigenvalue weighted by molar-refractivity contribution is 7.22. The quantitative estimate of drug-likeness (QED) is 0.583. The van der Waals surface area contributed by atoms with Crippen LogP contribution in [0.3, 0.4) is 0 Å². The molecule has 7 heteroatoms. The monoisotopic (exact) mass is 377 g/mol. The van der Waals surface area contributed by atoms with Gasteiger partial charge >= 0.3 is 0 Å². The predicted molar refractivity (Wildman–Crippen MR) is 109 cm³/mol. The summed E-state index contributed by atoms with van der Waals surface area (Å²) in [5.41, 5.74) is 4.07. The van der Waals surface area contributed by atoms with Crippen LogP contribution in [0.2, 0.25) is 0 Å². The summed E-state index contributed by atoms with van der Waals surface area (Å²) in [5.74, 6) is 0.710. The van der Waals surface area contributed by atoms with E-state index in [4.69, 9.17) is 4.74 Å². The first-order valence-corrected chi connectivity index (χ1v) is 9.83. The zero-order chi connectivity index (χ0) is 18.1. The zero-order valence-corrected chi connectivity index (χ0v) is 15.6. The summed E-state index contributed by atoms with van der Waals surface area (Å²) in [7, 11) is 0. The molecule has 0 aliphatic carbocycles. The van der Waals surface area contributed by atoms with Crippen LogP contribution in [-0.4, -0.2) is 46.2 Å². The molecule has 4 aromatic rings. The smallest absolute Gasteiger partial charge is 0.189 e. The molecule has 2 aromatic carbocycles. The Balaban J connectivity index is 1.37. The van der Waals surface area contributed by atoms with Gasteiger partial charge in [0, 0.05) is 19.6 Å². The topological polar surface area (TPSA) is 63.2 Å². The van der Waals surface area contributed by atoms with Crippen molar-refractivity contribution < 1.29 is 4.74 Å². The maximum atomic E-state index is 5.43. The summed E-state index contributed by atoms with van der Waals surface area (Å²) < 4.78 is 6.60. The van der Waals surface area contributed by atoms with Gasteiger partial charge in [-0.15, -0.1) is 0 Å². The molecule has 1 aliphatic heterocycles. The third-order valence-corrected chi connectivity index (χ3v) is 5.58. The molecule has 1 fully saturated rings. The molecule has 0 radical (unpaired) electrons. The Morgan fingerprint density at radius 2 is 1.85 bits per heavy atom. The number of aromatic nitrogens is 3. The van der Waals surface area contributed by atoms with E-state index in [1.165, 1.54) is 10.3 Å². The summed E-state index contributed by atoms with van der Waals surface area (Å²) in [5, 5.41) is 4.12. The minimum atomic E-state index is 0.710. The highest BCUT2D eigenvalue weighted by Gasteiger charge is 2.12. The molecule has 27 heavy (non-hydrogen) atoms. The van der Waals surface area contributed by atoms with Crippen LogP contribution in [0.15, 0.2) is 48.7 Å². The van der Waals surface area contributed by atoms with Crippen LogP contribution < -0.4 is 5.32 Å². The van der Waals surface area contributed by atoms with Crippen LogP contribution in [0.5, 0.6) is 0 Å². The lowest BCUT2D eigenvalue weighted by molar-refractivity contribution is 0.0342. The highest BCUT2D eigenvalue weighted by Crippen LogP contribution is 2.29. The number of thiazole rings is 1. The van der Waals surface area contributed by atoms with Crippen molar-refractivity contribution in [3.05, 3.63) is 54.2 Å². The number of hydrogen-bond donors (Lipinski definition) is 1.